The Hall–Kier alpha value is -3.38. The highest BCUT2D eigenvalue weighted by Gasteiger charge is 2.57. The molecule has 3 atom stereocenters. The quantitative estimate of drug-likeness (QED) is 0.290. The van der Waals surface area contributed by atoms with Gasteiger partial charge in [-0.2, -0.15) is 0 Å². The van der Waals surface area contributed by atoms with Gasteiger partial charge in [0.15, 0.2) is 0 Å². The van der Waals surface area contributed by atoms with E-state index in [1.54, 1.807) is 12.1 Å². The monoisotopic (exact) mass is 515 g/mol. The van der Waals surface area contributed by atoms with Crippen molar-refractivity contribution in [2.24, 2.45) is 11.3 Å². The second-order valence-corrected chi connectivity index (χ2v) is 9.93. The standard InChI is InChI=1S/C31H30ClNO4/c1-35-30(34)24-11-7-22(8-12-24)19-33-20-29(31-17-25(31)13-14-26(32)18-31)36-21-23-9-15-28(16-10-23)37-27-5-3-2-4-6-27/h2-16,18,25,29,33H,17,19-21H2,1H3/t25?,29-,31?/m0/s1. The van der Waals surface area contributed by atoms with Crippen molar-refractivity contribution in [3.8, 4) is 11.5 Å². The average Bonchev–Trinajstić information content (AvgIpc) is 3.66. The smallest absolute Gasteiger partial charge is 0.337 e. The molecule has 0 aromatic heterocycles. The highest BCUT2D eigenvalue weighted by Crippen LogP contribution is 2.60. The maximum Gasteiger partial charge on any atom is 0.337 e. The van der Waals surface area contributed by atoms with Crippen LogP contribution >= 0.6 is 11.6 Å². The molecule has 0 heterocycles. The van der Waals surface area contributed by atoms with Gasteiger partial charge in [-0.15, -0.1) is 0 Å². The van der Waals surface area contributed by atoms with Crippen LogP contribution in [-0.2, 0) is 22.6 Å². The largest absolute Gasteiger partial charge is 0.465 e. The van der Waals surface area contributed by atoms with Gasteiger partial charge in [0.05, 0.1) is 25.4 Å². The Labute approximate surface area is 222 Å². The Morgan fingerprint density at radius 2 is 1.70 bits per heavy atom. The maximum atomic E-state index is 11.7. The molecule has 190 valence electrons. The normalized spacial score (nSPS) is 20.5. The first kappa shape index (κ1) is 25.3. The van der Waals surface area contributed by atoms with Crippen LogP contribution in [-0.4, -0.2) is 25.7 Å². The number of esters is 1. The van der Waals surface area contributed by atoms with E-state index in [0.717, 1.165) is 34.1 Å². The summed E-state index contributed by atoms with van der Waals surface area (Å²) in [6.45, 7) is 1.84. The van der Waals surface area contributed by atoms with Crippen LogP contribution in [0.1, 0.15) is 27.9 Å². The average molecular weight is 516 g/mol. The van der Waals surface area contributed by atoms with Crippen LogP contribution in [0.3, 0.4) is 0 Å². The van der Waals surface area contributed by atoms with Crippen LogP contribution in [0.25, 0.3) is 0 Å². The topological polar surface area (TPSA) is 56.8 Å². The summed E-state index contributed by atoms with van der Waals surface area (Å²) < 4.78 is 17.2. The molecule has 2 unspecified atom stereocenters. The highest BCUT2D eigenvalue weighted by molar-refractivity contribution is 6.31. The molecule has 37 heavy (non-hydrogen) atoms. The maximum absolute atomic E-state index is 11.7. The fourth-order valence-corrected chi connectivity index (χ4v) is 5.09. The zero-order valence-electron chi connectivity index (χ0n) is 20.7. The van der Waals surface area contributed by atoms with E-state index in [1.165, 1.54) is 7.11 Å². The predicted octanol–water partition coefficient (Wildman–Crippen LogP) is 6.64. The number of carbonyl (C=O) groups excluding carboxylic acids is 1. The lowest BCUT2D eigenvalue weighted by molar-refractivity contribution is 0.00248. The van der Waals surface area contributed by atoms with Gasteiger partial charge in [0.1, 0.15) is 11.5 Å². The summed E-state index contributed by atoms with van der Waals surface area (Å²) in [7, 11) is 1.39. The van der Waals surface area contributed by atoms with Crippen molar-refractivity contribution in [1.82, 2.24) is 5.32 Å². The third kappa shape index (κ3) is 6.13. The number of rotatable bonds is 11. The molecule has 1 N–H and O–H groups in total. The molecule has 0 spiro atoms. The Morgan fingerprint density at radius 1 is 1.00 bits per heavy atom. The summed E-state index contributed by atoms with van der Waals surface area (Å²) in [6, 6.07) is 25.2. The van der Waals surface area contributed by atoms with Gasteiger partial charge in [0, 0.05) is 23.5 Å². The number of carbonyl (C=O) groups is 1. The summed E-state index contributed by atoms with van der Waals surface area (Å²) >= 11 is 6.40. The summed E-state index contributed by atoms with van der Waals surface area (Å²) in [4.78, 5) is 11.7. The zero-order valence-corrected chi connectivity index (χ0v) is 21.5. The first-order valence-electron chi connectivity index (χ1n) is 12.4. The van der Waals surface area contributed by atoms with Crippen molar-refractivity contribution in [2.75, 3.05) is 13.7 Å². The van der Waals surface area contributed by atoms with Gasteiger partial charge in [0.25, 0.3) is 0 Å². The van der Waals surface area contributed by atoms with Crippen molar-refractivity contribution in [2.45, 2.75) is 25.7 Å². The van der Waals surface area contributed by atoms with Gasteiger partial charge in [-0.25, -0.2) is 4.79 Å². The number of allylic oxidation sites excluding steroid dienone is 3. The summed E-state index contributed by atoms with van der Waals surface area (Å²) in [5, 5.41) is 4.31. The van der Waals surface area contributed by atoms with E-state index >= 15 is 0 Å². The number of para-hydroxylation sites is 1. The van der Waals surface area contributed by atoms with E-state index in [4.69, 9.17) is 25.8 Å². The summed E-state index contributed by atoms with van der Waals surface area (Å²) in [5.74, 6) is 1.72. The zero-order chi connectivity index (χ0) is 25.7. The molecule has 1 fully saturated rings. The van der Waals surface area contributed by atoms with Crippen LogP contribution < -0.4 is 10.1 Å². The fraction of sp³-hybridized carbons (Fsp3) is 0.258. The predicted molar refractivity (Wildman–Crippen MR) is 145 cm³/mol. The molecule has 6 heteroatoms. The molecule has 0 radical (unpaired) electrons. The molecule has 5 nitrogen and oxygen atoms in total. The number of ether oxygens (including phenoxy) is 3. The molecule has 0 saturated heterocycles. The van der Waals surface area contributed by atoms with Crippen LogP contribution in [0.5, 0.6) is 11.5 Å². The van der Waals surface area contributed by atoms with Gasteiger partial charge < -0.3 is 19.5 Å². The molecule has 2 aliphatic rings. The van der Waals surface area contributed by atoms with E-state index in [9.17, 15) is 4.79 Å². The molecule has 2 aliphatic carbocycles. The van der Waals surface area contributed by atoms with Crippen LogP contribution in [0.2, 0.25) is 0 Å². The Kier molecular flexibility index (Phi) is 7.75. The number of nitrogens with one attached hydrogen (secondary N) is 1. The SMILES string of the molecule is COC(=O)c1ccc(CNC[C@H](OCc2ccc(Oc3ccccc3)cc2)C23C=C(Cl)C=CC2C3)cc1. The number of methoxy groups -OCH3 is 1. The number of hydrogen-bond donors (Lipinski definition) is 1. The molecular weight excluding hydrogens is 486 g/mol. The van der Waals surface area contributed by atoms with Crippen molar-refractivity contribution >= 4 is 17.6 Å². The molecule has 3 aromatic carbocycles. The second-order valence-electron chi connectivity index (χ2n) is 9.49. The van der Waals surface area contributed by atoms with E-state index in [0.29, 0.717) is 31.2 Å². The van der Waals surface area contributed by atoms with E-state index in [-0.39, 0.29) is 17.5 Å². The van der Waals surface area contributed by atoms with E-state index in [2.05, 4.69) is 17.5 Å². The van der Waals surface area contributed by atoms with Gasteiger partial charge in [0.2, 0.25) is 0 Å². The van der Waals surface area contributed by atoms with Crippen LogP contribution in [0.4, 0.5) is 0 Å². The van der Waals surface area contributed by atoms with E-state index in [1.807, 2.05) is 72.8 Å². The van der Waals surface area contributed by atoms with Crippen molar-refractivity contribution in [1.29, 1.82) is 0 Å². The minimum Gasteiger partial charge on any atom is -0.465 e. The van der Waals surface area contributed by atoms with Gasteiger partial charge >= 0.3 is 5.97 Å². The number of fused-ring (bicyclic) bond motifs is 1. The number of hydrogen-bond acceptors (Lipinski definition) is 5. The van der Waals surface area contributed by atoms with Crippen LogP contribution in [0, 0.1) is 11.3 Å². The molecule has 0 bridgehead atoms. The fourth-order valence-electron chi connectivity index (χ4n) is 4.81. The second kappa shape index (κ2) is 11.3. The molecule has 5 rings (SSSR count). The molecular formula is C31H30ClNO4. The highest BCUT2D eigenvalue weighted by atomic mass is 35.5. The van der Waals surface area contributed by atoms with Crippen molar-refractivity contribution in [3.05, 3.63) is 119 Å². The minimum absolute atomic E-state index is 0.0363. The first-order valence-corrected chi connectivity index (χ1v) is 12.8. The lowest BCUT2D eigenvalue weighted by Gasteiger charge is -2.28. The van der Waals surface area contributed by atoms with Gasteiger partial charge in [-0.3, -0.25) is 0 Å². The summed E-state index contributed by atoms with van der Waals surface area (Å²) in [5.41, 5.74) is 2.63. The minimum atomic E-state index is -0.333. The Morgan fingerprint density at radius 3 is 2.43 bits per heavy atom. The van der Waals surface area contributed by atoms with Gasteiger partial charge in [-0.05, 0) is 65.9 Å². The molecule has 1 saturated carbocycles. The third-order valence-corrected chi connectivity index (χ3v) is 7.22. The lowest BCUT2D eigenvalue weighted by atomic mass is 9.92. The first-order chi connectivity index (χ1) is 18.1. The van der Waals surface area contributed by atoms with Crippen molar-refractivity contribution < 1.29 is 19.0 Å². The lowest BCUT2D eigenvalue weighted by Crippen LogP contribution is -2.37. The van der Waals surface area contributed by atoms with Crippen molar-refractivity contribution in [3.63, 3.8) is 0 Å². The number of benzene rings is 3. The summed E-state index contributed by atoms with van der Waals surface area (Å²) in [6.07, 6.45) is 7.33. The Bertz CT molecular complexity index is 1270. The molecule has 3 aromatic rings. The molecule has 0 amide bonds. The third-order valence-electron chi connectivity index (χ3n) is 6.98. The van der Waals surface area contributed by atoms with Gasteiger partial charge in [-0.1, -0.05) is 66.2 Å². The molecule has 0 aliphatic heterocycles. The Balaban J connectivity index is 1.20. The number of halogens is 1. The van der Waals surface area contributed by atoms with Crippen LogP contribution in [0.15, 0.2) is 102 Å². The van der Waals surface area contributed by atoms with E-state index < -0.39 is 0 Å².